The number of piperidine rings is 1. The van der Waals surface area contributed by atoms with Crippen LogP contribution < -0.4 is 11.2 Å². The first-order chi connectivity index (χ1) is 13.4. The van der Waals surface area contributed by atoms with Gasteiger partial charge in [0, 0.05) is 37.7 Å². The molecule has 0 aliphatic carbocycles. The molecule has 2 aliphatic heterocycles. The Morgan fingerprint density at radius 3 is 2.61 bits per heavy atom. The lowest BCUT2D eigenvalue weighted by atomic mass is 9.79. The van der Waals surface area contributed by atoms with Gasteiger partial charge in [-0.2, -0.15) is 0 Å². The fourth-order valence-electron chi connectivity index (χ4n) is 4.49. The van der Waals surface area contributed by atoms with Crippen LogP contribution in [0.15, 0.2) is 39.9 Å². The number of carbonyl (C=O) groups is 1. The second-order valence-corrected chi connectivity index (χ2v) is 7.92. The van der Waals surface area contributed by atoms with E-state index in [1.54, 1.807) is 4.90 Å². The zero-order valence-electron chi connectivity index (χ0n) is 15.5. The number of aromatic amines is 2. The van der Waals surface area contributed by atoms with Crippen molar-refractivity contribution in [2.75, 3.05) is 26.2 Å². The van der Waals surface area contributed by atoms with E-state index in [2.05, 4.69) is 14.9 Å². The minimum atomic E-state index is -0.673. The molecule has 2 aromatic rings. The molecule has 2 fully saturated rings. The molecule has 2 N–H and O–H groups in total. The predicted molar refractivity (Wildman–Crippen MR) is 102 cm³/mol. The van der Waals surface area contributed by atoms with Crippen LogP contribution >= 0.6 is 0 Å². The van der Waals surface area contributed by atoms with Crippen LogP contribution in [-0.2, 0) is 6.54 Å². The summed E-state index contributed by atoms with van der Waals surface area (Å²) in [6, 6.07) is 7.71. The van der Waals surface area contributed by atoms with Gasteiger partial charge in [0.05, 0.1) is 0 Å². The van der Waals surface area contributed by atoms with E-state index in [0.717, 1.165) is 50.5 Å². The van der Waals surface area contributed by atoms with E-state index in [4.69, 9.17) is 0 Å². The number of likely N-dealkylation sites (tertiary alicyclic amines) is 2. The molecule has 1 unspecified atom stereocenters. The highest BCUT2D eigenvalue weighted by atomic mass is 19.1. The first-order valence-electron chi connectivity index (χ1n) is 9.52. The standard InChI is InChI=1S/C20H23FN4O3/c21-15-4-2-14(3-5-15)11-24-8-1-6-20(12-24)7-9-25(13-20)18(27)16-10-17(26)23-19(28)22-16/h2-5,10H,1,6-9,11-13H2,(H2,22,23,26,28). The third-order valence-corrected chi connectivity index (χ3v) is 5.78. The van der Waals surface area contributed by atoms with Gasteiger partial charge in [0.1, 0.15) is 11.5 Å². The van der Waals surface area contributed by atoms with Crippen molar-refractivity contribution in [3.8, 4) is 0 Å². The van der Waals surface area contributed by atoms with Crippen molar-refractivity contribution in [3.63, 3.8) is 0 Å². The second kappa shape index (κ2) is 7.35. The molecule has 0 saturated carbocycles. The Balaban J connectivity index is 1.44. The number of hydrogen-bond donors (Lipinski definition) is 2. The predicted octanol–water partition coefficient (Wildman–Crippen LogP) is 1.33. The number of nitrogens with zero attached hydrogens (tertiary/aromatic N) is 2. The average molecular weight is 386 g/mol. The third kappa shape index (κ3) is 3.91. The number of aromatic nitrogens is 2. The highest BCUT2D eigenvalue weighted by Gasteiger charge is 2.43. The maximum atomic E-state index is 13.1. The van der Waals surface area contributed by atoms with Crippen molar-refractivity contribution in [1.29, 1.82) is 0 Å². The van der Waals surface area contributed by atoms with Crippen molar-refractivity contribution in [3.05, 3.63) is 68.2 Å². The quantitative estimate of drug-likeness (QED) is 0.833. The molecule has 1 aromatic carbocycles. The van der Waals surface area contributed by atoms with Crippen LogP contribution in [-0.4, -0.2) is 51.9 Å². The van der Waals surface area contributed by atoms with Crippen LogP contribution in [0.3, 0.4) is 0 Å². The van der Waals surface area contributed by atoms with Crippen molar-refractivity contribution in [2.24, 2.45) is 5.41 Å². The molecule has 1 spiro atoms. The Morgan fingerprint density at radius 2 is 1.86 bits per heavy atom. The molecular formula is C20H23FN4O3. The first-order valence-corrected chi connectivity index (χ1v) is 9.52. The van der Waals surface area contributed by atoms with Crippen LogP contribution in [0.2, 0.25) is 0 Å². The topological polar surface area (TPSA) is 89.3 Å². The number of carbonyl (C=O) groups excluding carboxylic acids is 1. The summed E-state index contributed by atoms with van der Waals surface area (Å²) in [5.74, 6) is -0.544. The molecule has 0 radical (unpaired) electrons. The Morgan fingerprint density at radius 1 is 1.07 bits per heavy atom. The summed E-state index contributed by atoms with van der Waals surface area (Å²) in [7, 11) is 0. The number of H-pyrrole nitrogens is 2. The molecule has 1 aromatic heterocycles. The minimum absolute atomic E-state index is 0.0232. The zero-order chi connectivity index (χ0) is 19.7. The molecule has 7 nitrogen and oxygen atoms in total. The summed E-state index contributed by atoms with van der Waals surface area (Å²) in [5, 5.41) is 0. The summed E-state index contributed by atoms with van der Waals surface area (Å²) in [6.45, 7) is 3.84. The zero-order valence-corrected chi connectivity index (χ0v) is 15.5. The Labute approximate surface area is 161 Å². The van der Waals surface area contributed by atoms with E-state index in [1.807, 2.05) is 12.1 Å². The average Bonchev–Trinajstić information content (AvgIpc) is 3.05. The summed E-state index contributed by atoms with van der Waals surface area (Å²) >= 11 is 0. The molecule has 3 heterocycles. The number of rotatable bonds is 3. The van der Waals surface area contributed by atoms with Crippen LogP contribution in [0, 0.1) is 11.2 Å². The van der Waals surface area contributed by atoms with E-state index in [0.29, 0.717) is 13.1 Å². The summed E-state index contributed by atoms with van der Waals surface area (Å²) in [6.07, 6.45) is 2.99. The second-order valence-electron chi connectivity index (χ2n) is 7.92. The monoisotopic (exact) mass is 386 g/mol. The number of nitrogens with one attached hydrogen (secondary N) is 2. The fourth-order valence-corrected chi connectivity index (χ4v) is 4.49. The van der Waals surface area contributed by atoms with Crippen LogP contribution in [0.4, 0.5) is 4.39 Å². The van der Waals surface area contributed by atoms with Gasteiger partial charge in [-0.1, -0.05) is 12.1 Å². The van der Waals surface area contributed by atoms with Gasteiger partial charge in [0.15, 0.2) is 0 Å². The molecule has 1 amide bonds. The highest BCUT2D eigenvalue weighted by molar-refractivity contribution is 5.92. The Kier molecular flexibility index (Phi) is 4.89. The smallest absolute Gasteiger partial charge is 0.326 e. The van der Waals surface area contributed by atoms with Crippen molar-refractivity contribution < 1.29 is 9.18 Å². The fraction of sp³-hybridized carbons (Fsp3) is 0.450. The van der Waals surface area contributed by atoms with E-state index in [9.17, 15) is 18.8 Å². The molecule has 28 heavy (non-hydrogen) atoms. The van der Waals surface area contributed by atoms with Crippen molar-refractivity contribution in [1.82, 2.24) is 19.8 Å². The Bertz CT molecular complexity index is 956. The number of hydrogen-bond acceptors (Lipinski definition) is 4. The van der Waals surface area contributed by atoms with E-state index >= 15 is 0 Å². The Hall–Kier alpha value is -2.74. The number of benzene rings is 1. The summed E-state index contributed by atoms with van der Waals surface area (Å²) in [4.78, 5) is 44.3. The van der Waals surface area contributed by atoms with Gasteiger partial charge in [-0.05, 0) is 43.5 Å². The number of halogens is 1. The molecule has 148 valence electrons. The van der Waals surface area contributed by atoms with Gasteiger partial charge in [-0.3, -0.25) is 19.5 Å². The highest BCUT2D eigenvalue weighted by Crippen LogP contribution is 2.39. The van der Waals surface area contributed by atoms with Gasteiger partial charge in [0.2, 0.25) is 0 Å². The van der Waals surface area contributed by atoms with Crippen LogP contribution in [0.5, 0.6) is 0 Å². The molecule has 2 aliphatic rings. The van der Waals surface area contributed by atoms with E-state index < -0.39 is 11.2 Å². The van der Waals surface area contributed by atoms with E-state index in [-0.39, 0.29) is 22.8 Å². The van der Waals surface area contributed by atoms with E-state index in [1.165, 1.54) is 12.1 Å². The summed E-state index contributed by atoms with van der Waals surface area (Å²) < 4.78 is 13.1. The largest absolute Gasteiger partial charge is 0.337 e. The number of amides is 1. The minimum Gasteiger partial charge on any atom is -0.337 e. The lowest BCUT2D eigenvalue weighted by molar-refractivity contribution is 0.0670. The van der Waals surface area contributed by atoms with Gasteiger partial charge < -0.3 is 9.88 Å². The first kappa shape index (κ1) is 18.6. The third-order valence-electron chi connectivity index (χ3n) is 5.78. The molecular weight excluding hydrogens is 363 g/mol. The maximum absolute atomic E-state index is 13.1. The summed E-state index contributed by atoms with van der Waals surface area (Å²) in [5.41, 5.74) is -0.123. The van der Waals surface area contributed by atoms with Gasteiger partial charge in [-0.15, -0.1) is 0 Å². The SMILES string of the molecule is O=C(c1cc(=O)[nH]c(=O)[nH]1)N1CCC2(CCCN(Cc3ccc(F)cc3)C2)C1. The van der Waals surface area contributed by atoms with Crippen LogP contribution in [0.1, 0.15) is 35.3 Å². The molecule has 1 atom stereocenters. The molecule has 0 bridgehead atoms. The lowest BCUT2D eigenvalue weighted by Crippen LogP contribution is -2.45. The normalized spacial score (nSPS) is 22.7. The molecule has 4 rings (SSSR count). The molecule has 2 saturated heterocycles. The lowest BCUT2D eigenvalue weighted by Gasteiger charge is -2.40. The van der Waals surface area contributed by atoms with Crippen molar-refractivity contribution in [2.45, 2.75) is 25.8 Å². The van der Waals surface area contributed by atoms with Gasteiger partial charge in [0.25, 0.3) is 11.5 Å². The van der Waals surface area contributed by atoms with Crippen LogP contribution in [0.25, 0.3) is 0 Å². The van der Waals surface area contributed by atoms with Gasteiger partial charge in [-0.25, -0.2) is 9.18 Å². The van der Waals surface area contributed by atoms with Gasteiger partial charge >= 0.3 is 5.69 Å². The van der Waals surface area contributed by atoms with Crippen molar-refractivity contribution >= 4 is 5.91 Å². The molecule has 8 heteroatoms. The maximum Gasteiger partial charge on any atom is 0.326 e.